The van der Waals surface area contributed by atoms with Gasteiger partial charge < -0.3 is 79.8 Å². The van der Waals surface area contributed by atoms with E-state index >= 15 is 0 Å². The molecule has 0 heterocycles. The summed E-state index contributed by atoms with van der Waals surface area (Å²) in [6.07, 6.45) is 26.9. The second-order valence-electron chi connectivity index (χ2n) is 21.1. The molecule has 18 nitrogen and oxygen atoms in total. The fourth-order valence-corrected chi connectivity index (χ4v) is 8.84. The van der Waals surface area contributed by atoms with Crippen LogP contribution >= 0.6 is 0 Å². The first-order valence-corrected chi connectivity index (χ1v) is 31.8. The third-order valence-corrected chi connectivity index (χ3v) is 13.8. The van der Waals surface area contributed by atoms with E-state index in [-0.39, 0.29) is 17.7 Å². The van der Waals surface area contributed by atoms with E-state index in [2.05, 4.69) is 79.8 Å². The van der Waals surface area contributed by atoms with Gasteiger partial charge >= 0.3 is 0 Å². The third kappa shape index (κ3) is 50.1. The molecule has 0 unspecified atom stereocenters. The summed E-state index contributed by atoms with van der Waals surface area (Å²) in [6, 6.07) is 4.84. The molecule has 1 aromatic carbocycles. The van der Waals surface area contributed by atoms with Crippen LogP contribution in [0.5, 0.6) is 0 Å². The molecule has 0 aromatic heterocycles. The summed E-state index contributed by atoms with van der Waals surface area (Å²) in [5.74, 6) is -0.823. The Balaban J connectivity index is 2.38. The van der Waals surface area contributed by atoms with E-state index in [4.69, 9.17) is 0 Å². The number of carbonyl (C=O) groups excluding carboxylic acids is 3. The van der Waals surface area contributed by atoms with Crippen molar-refractivity contribution in [3.63, 3.8) is 0 Å². The molecule has 0 bridgehead atoms. The quantitative estimate of drug-likeness (QED) is 0.0410. The highest BCUT2D eigenvalue weighted by atomic mass is 16.2. The lowest BCUT2D eigenvalue weighted by Crippen LogP contribution is -2.30. The highest BCUT2D eigenvalue weighted by molar-refractivity contribution is 6.04. The van der Waals surface area contributed by atoms with Gasteiger partial charge in [-0.15, -0.1) is 0 Å². The SMILES string of the molecule is CNCCCCNCCCCNCCCCNCCCCNC(=O)c1cc(C(=O)NCCCCNCCCCNCCCCNCCCCNC)cc(C(=O)NCCCCNCCCCNCCCCNCCCCNC)c1. The van der Waals surface area contributed by atoms with Crippen LogP contribution in [0.1, 0.15) is 185 Å². The molecule has 0 spiro atoms. The number of hydrogen-bond acceptors (Lipinski definition) is 15. The van der Waals surface area contributed by atoms with E-state index in [0.717, 1.165) is 214 Å². The largest absolute Gasteiger partial charge is 0.352 e. The van der Waals surface area contributed by atoms with E-state index in [1.165, 1.54) is 77.0 Å². The molecular formula is C60H123N15O3. The minimum atomic E-state index is -0.274. The Morgan fingerprint density at radius 1 is 0.218 bits per heavy atom. The van der Waals surface area contributed by atoms with Gasteiger partial charge in [0.05, 0.1) is 0 Å². The molecule has 18 heteroatoms. The lowest BCUT2D eigenvalue weighted by atomic mass is 10.0. The molecule has 0 saturated carbocycles. The zero-order chi connectivity index (χ0) is 56.1. The second kappa shape index (κ2) is 60.3. The van der Waals surface area contributed by atoms with E-state index < -0.39 is 0 Å². The molecular weight excluding hydrogens is 979 g/mol. The first kappa shape index (κ1) is 73.2. The molecule has 0 aliphatic carbocycles. The van der Waals surface area contributed by atoms with E-state index in [0.29, 0.717) is 36.3 Å². The smallest absolute Gasteiger partial charge is 0.251 e. The summed E-state index contributed by atoms with van der Waals surface area (Å²) in [7, 11) is 6.02. The molecule has 0 radical (unpaired) electrons. The van der Waals surface area contributed by atoms with Crippen molar-refractivity contribution in [3.8, 4) is 0 Å². The minimum Gasteiger partial charge on any atom is -0.352 e. The molecule has 78 heavy (non-hydrogen) atoms. The van der Waals surface area contributed by atoms with Crippen molar-refractivity contribution in [3.05, 3.63) is 34.9 Å². The summed E-state index contributed by atoms with van der Waals surface area (Å²) in [5, 5.41) is 50.6. The number of carbonyl (C=O) groups is 3. The van der Waals surface area contributed by atoms with Gasteiger partial charge in [0.1, 0.15) is 0 Å². The number of nitrogens with one attached hydrogen (secondary N) is 15. The molecule has 0 aliphatic heterocycles. The Kier molecular flexibility index (Phi) is 56.5. The van der Waals surface area contributed by atoms with E-state index in [9.17, 15) is 14.4 Å². The lowest BCUT2D eigenvalue weighted by Gasteiger charge is -2.12. The number of amides is 3. The minimum absolute atomic E-state index is 0.274. The van der Waals surface area contributed by atoms with Crippen LogP contribution in [0.15, 0.2) is 18.2 Å². The second-order valence-corrected chi connectivity index (χ2v) is 21.1. The third-order valence-electron chi connectivity index (χ3n) is 13.8. The first-order valence-electron chi connectivity index (χ1n) is 31.8. The highest BCUT2D eigenvalue weighted by Crippen LogP contribution is 2.12. The first-order chi connectivity index (χ1) is 38.5. The molecule has 1 rings (SSSR count). The Morgan fingerprint density at radius 3 is 0.487 bits per heavy atom. The fraction of sp³-hybridized carbons (Fsp3) is 0.850. The number of benzene rings is 1. The van der Waals surface area contributed by atoms with Gasteiger partial charge in [0, 0.05) is 36.3 Å². The van der Waals surface area contributed by atoms with Crippen LogP contribution < -0.4 is 79.8 Å². The maximum Gasteiger partial charge on any atom is 0.251 e. The normalized spacial score (nSPS) is 11.4. The standard InChI is InChI=1S/C60H123N15O3/c1-61-28-4-7-31-64-34-10-13-37-67-40-16-19-43-70-46-22-25-49-73-58(76)55-52-56(59(77)74-50-26-23-47-71-44-20-17-41-68-38-14-11-35-65-32-8-5-29-62-2)54-57(53-55)60(78)75-51-27-24-48-72-45-21-18-42-69-39-15-12-36-66-33-9-6-30-63-3/h52-54,61-72H,4-51H2,1-3H3,(H,73,76)(H,74,77)(H,75,78). The van der Waals surface area contributed by atoms with Gasteiger partial charge in [0.2, 0.25) is 0 Å². The van der Waals surface area contributed by atoms with Crippen molar-refractivity contribution in [2.75, 3.05) is 178 Å². The number of rotatable bonds is 63. The summed E-state index contributed by atoms with van der Waals surface area (Å²) in [4.78, 5) is 40.4. The average molecular weight is 1100 g/mol. The van der Waals surface area contributed by atoms with Crippen LogP contribution in [0.4, 0.5) is 0 Å². The van der Waals surface area contributed by atoms with Crippen molar-refractivity contribution in [2.45, 2.75) is 154 Å². The average Bonchev–Trinajstić information content (AvgIpc) is 3.45. The fourth-order valence-electron chi connectivity index (χ4n) is 8.84. The summed E-state index contributed by atoms with van der Waals surface area (Å²) in [5.41, 5.74) is 0.969. The van der Waals surface area contributed by atoms with Crippen LogP contribution in [0.3, 0.4) is 0 Å². The van der Waals surface area contributed by atoms with Crippen LogP contribution in [-0.2, 0) is 0 Å². The van der Waals surface area contributed by atoms with Gasteiger partial charge in [0.15, 0.2) is 0 Å². The summed E-state index contributed by atoms with van der Waals surface area (Å²) in [6.45, 7) is 23.6. The highest BCUT2D eigenvalue weighted by Gasteiger charge is 2.17. The van der Waals surface area contributed by atoms with Crippen molar-refractivity contribution < 1.29 is 14.4 Å². The molecule has 1 aromatic rings. The van der Waals surface area contributed by atoms with Gasteiger partial charge in [-0.3, -0.25) is 14.4 Å². The Labute approximate surface area is 477 Å². The van der Waals surface area contributed by atoms with Crippen molar-refractivity contribution >= 4 is 17.7 Å². The van der Waals surface area contributed by atoms with Gasteiger partial charge in [0.25, 0.3) is 17.7 Å². The van der Waals surface area contributed by atoms with Gasteiger partial charge in [-0.25, -0.2) is 0 Å². The van der Waals surface area contributed by atoms with Crippen molar-refractivity contribution in [1.82, 2.24) is 79.8 Å². The van der Waals surface area contributed by atoms with Crippen molar-refractivity contribution in [2.24, 2.45) is 0 Å². The predicted octanol–water partition coefficient (Wildman–Crippen LogP) is 4.20. The molecule has 3 amide bonds. The zero-order valence-corrected chi connectivity index (χ0v) is 50.4. The van der Waals surface area contributed by atoms with Crippen molar-refractivity contribution in [1.29, 1.82) is 0 Å². The molecule has 15 N–H and O–H groups in total. The Hall–Kier alpha value is -2.85. The maximum atomic E-state index is 13.5. The monoisotopic (exact) mass is 1100 g/mol. The lowest BCUT2D eigenvalue weighted by molar-refractivity contribution is 0.0952. The summed E-state index contributed by atoms with van der Waals surface area (Å²) < 4.78 is 0. The van der Waals surface area contributed by atoms with Gasteiger partial charge in [-0.1, -0.05) is 0 Å². The topological polar surface area (TPSA) is 232 Å². The summed E-state index contributed by atoms with van der Waals surface area (Å²) >= 11 is 0. The van der Waals surface area contributed by atoms with E-state index in [1.54, 1.807) is 18.2 Å². The van der Waals surface area contributed by atoms with Gasteiger partial charge in [-0.05, 0) is 331 Å². The molecule has 0 saturated heterocycles. The van der Waals surface area contributed by atoms with Gasteiger partial charge in [-0.2, -0.15) is 0 Å². The Bertz CT molecular complexity index is 1290. The van der Waals surface area contributed by atoms with E-state index in [1.807, 2.05) is 21.1 Å². The van der Waals surface area contributed by atoms with Crippen LogP contribution in [0.2, 0.25) is 0 Å². The molecule has 0 atom stereocenters. The molecule has 456 valence electrons. The number of hydrogen-bond donors (Lipinski definition) is 15. The van der Waals surface area contributed by atoms with Crippen LogP contribution in [-0.4, -0.2) is 196 Å². The predicted molar refractivity (Wildman–Crippen MR) is 332 cm³/mol. The van der Waals surface area contributed by atoms with Crippen LogP contribution in [0.25, 0.3) is 0 Å². The maximum absolute atomic E-state index is 13.5. The molecule has 0 aliphatic rings. The number of unbranched alkanes of at least 4 members (excludes halogenated alkanes) is 12. The van der Waals surface area contributed by atoms with Crippen LogP contribution in [0, 0.1) is 0 Å². The zero-order valence-electron chi connectivity index (χ0n) is 50.4. The Morgan fingerprint density at radius 2 is 0.346 bits per heavy atom. The molecule has 0 fully saturated rings.